The first kappa shape index (κ1) is 9.31. The first-order chi connectivity index (χ1) is 5.74. The lowest BCUT2D eigenvalue weighted by Gasteiger charge is -1.99. The molecular formula is C8H6Cl2N2. The Balaban J connectivity index is 2.81. The summed E-state index contributed by atoms with van der Waals surface area (Å²) in [5.41, 5.74) is 0.864. The fourth-order valence-corrected chi connectivity index (χ4v) is 1.27. The van der Waals surface area contributed by atoms with Crippen LogP contribution in [0.2, 0.25) is 10.2 Å². The maximum atomic E-state index is 8.33. The van der Waals surface area contributed by atoms with Crippen molar-refractivity contribution < 1.29 is 0 Å². The van der Waals surface area contributed by atoms with Gasteiger partial charge in [-0.15, -0.1) is 0 Å². The number of pyridine rings is 1. The third kappa shape index (κ3) is 2.37. The molecule has 0 spiro atoms. The van der Waals surface area contributed by atoms with Gasteiger partial charge in [-0.2, -0.15) is 5.26 Å². The average molecular weight is 201 g/mol. The van der Waals surface area contributed by atoms with Crippen LogP contribution in [0.1, 0.15) is 12.0 Å². The number of aromatic nitrogens is 1. The molecule has 0 fully saturated rings. The van der Waals surface area contributed by atoms with E-state index in [-0.39, 0.29) is 0 Å². The molecule has 0 N–H and O–H groups in total. The van der Waals surface area contributed by atoms with E-state index in [1.54, 1.807) is 12.3 Å². The molecular weight excluding hydrogens is 195 g/mol. The van der Waals surface area contributed by atoms with E-state index in [0.29, 0.717) is 23.0 Å². The van der Waals surface area contributed by atoms with E-state index < -0.39 is 0 Å². The van der Waals surface area contributed by atoms with Crippen LogP contribution in [0.4, 0.5) is 0 Å². The maximum absolute atomic E-state index is 8.33. The van der Waals surface area contributed by atoms with Crippen LogP contribution >= 0.6 is 23.2 Å². The van der Waals surface area contributed by atoms with Crippen molar-refractivity contribution in [3.8, 4) is 6.07 Å². The minimum absolute atomic E-state index is 0.376. The third-order valence-corrected chi connectivity index (χ3v) is 1.96. The normalized spacial score (nSPS) is 9.42. The van der Waals surface area contributed by atoms with Gasteiger partial charge in [0.1, 0.15) is 5.15 Å². The summed E-state index contributed by atoms with van der Waals surface area (Å²) in [7, 11) is 0. The molecule has 0 amide bonds. The molecule has 0 radical (unpaired) electrons. The van der Waals surface area contributed by atoms with E-state index in [1.165, 1.54) is 0 Å². The maximum Gasteiger partial charge on any atom is 0.130 e. The quantitative estimate of drug-likeness (QED) is 0.689. The van der Waals surface area contributed by atoms with E-state index >= 15 is 0 Å². The Bertz CT molecular complexity index is 317. The largest absolute Gasteiger partial charge is 0.244 e. The van der Waals surface area contributed by atoms with Crippen molar-refractivity contribution in [3.05, 3.63) is 28.0 Å². The minimum Gasteiger partial charge on any atom is -0.244 e. The number of rotatable bonds is 2. The van der Waals surface area contributed by atoms with Crippen molar-refractivity contribution >= 4 is 23.2 Å². The molecule has 0 aliphatic rings. The SMILES string of the molecule is N#CCCc1cnc(Cl)cc1Cl. The molecule has 2 nitrogen and oxygen atoms in total. The van der Waals surface area contributed by atoms with Gasteiger partial charge in [0.25, 0.3) is 0 Å². The first-order valence-corrected chi connectivity index (χ1v) is 4.16. The van der Waals surface area contributed by atoms with Gasteiger partial charge in [0, 0.05) is 17.6 Å². The standard InChI is InChI=1S/C8H6Cl2N2/c9-7-4-8(10)12-5-6(7)2-1-3-11/h4-5H,1-2H2. The lowest BCUT2D eigenvalue weighted by molar-refractivity contribution is 0.997. The highest BCUT2D eigenvalue weighted by Crippen LogP contribution is 2.19. The summed E-state index contributed by atoms with van der Waals surface area (Å²) in [6, 6.07) is 3.62. The molecule has 1 aromatic heterocycles. The summed E-state index contributed by atoms with van der Waals surface area (Å²) >= 11 is 11.4. The summed E-state index contributed by atoms with van der Waals surface area (Å²) in [4.78, 5) is 3.86. The topological polar surface area (TPSA) is 36.7 Å². The van der Waals surface area contributed by atoms with Gasteiger partial charge < -0.3 is 0 Å². The molecule has 0 aliphatic carbocycles. The van der Waals surface area contributed by atoms with Crippen molar-refractivity contribution in [2.24, 2.45) is 0 Å². The van der Waals surface area contributed by atoms with Gasteiger partial charge in [0.05, 0.1) is 6.07 Å². The van der Waals surface area contributed by atoms with Crippen molar-refractivity contribution in [3.63, 3.8) is 0 Å². The van der Waals surface area contributed by atoms with E-state index in [4.69, 9.17) is 28.5 Å². The third-order valence-electron chi connectivity index (χ3n) is 1.40. The Labute approximate surface area is 80.7 Å². The summed E-state index contributed by atoms with van der Waals surface area (Å²) in [5, 5.41) is 9.28. The zero-order valence-electron chi connectivity index (χ0n) is 6.22. The van der Waals surface area contributed by atoms with Gasteiger partial charge in [0.2, 0.25) is 0 Å². The zero-order valence-corrected chi connectivity index (χ0v) is 7.73. The van der Waals surface area contributed by atoms with Crippen LogP contribution in [0.3, 0.4) is 0 Å². The predicted octanol–water partition coefficient (Wildman–Crippen LogP) is 2.84. The van der Waals surface area contributed by atoms with Gasteiger partial charge in [-0.1, -0.05) is 23.2 Å². The van der Waals surface area contributed by atoms with Gasteiger partial charge >= 0.3 is 0 Å². The van der Waals surface area contributed by atoms with Crippen molar-refractivity contribution in [2.75, 3.05) is 0 Å². The molecule has 0 aromatic carbocycles. The lowest BCUT2D eigenvalue weighted by atomic mass is 10.2. The zero-order chi connectivity index (χ0) is 8.97. The summed E-state index contributed by atoms with van der Waals surface area (Å²) < 4.78 is 0. The van der Waals surface area contributed by atoms with E-state index in [2.05, 4.69) is 4.98 Å². The number of halogens is 2. The van der Waals surface area contributed by atoms with Crippen molar-refractivity contribution in [1.82, 2.24) is 4.98 Å². The van der Waals surface area contributed by atoms with Gasteiger partial charge in [-0.05, 0) is 18.1 Å². The number of nitrogens with zero attached hydrogens (tertiary/aromatic N) is 2. The van der Waals surface area contributed by atoms with Crippen LogP contribution in [0.25, 0.3) is 0 Å². The van der Waals surface area contributed by atoms with Crippen molar-refractivity contribution in [2.45, 2.75) is 12.8 Å². The molecule has 0 saturated carbocycles. The minimum atomic E-state index is 0.376. The molecule has 1 aromatic rings. The second-order valence-corrected chi connectivity index (χ2v) is 3.05. The molecule has 0 atom stereocenters. The number of hydrogen-bond acceptors (Lipinski definition) is 2. The van der Waals surface area contributed by atoms with Crippen LogP contribution in [-0.2, 0) is 6.42 Å². The summed E-state index contributed by atoms with van der Waals surface area (Å²) in [5.74, 6) is 0. The van der Waals surface area contributed by atoms with Crippen LogP contribution in [0, 0.1) is 11.3 Å². The summed E-state index contributed by atoms with van der Waals surface area (Å²) in [6.07, 6.45) is 2.67. The molecule has 1 rings (SSSR count). The number of aryl methyl sites for hydroxylation is 1. The first-order valence-electron chi connectivity index (χ1n) is 3.41. The summed E-state index contributed by atoms with van der Waals surface area (Å²) in [6.45, 7) is 0. The Morgan fingerprint density at radius 2 is 2.25 bits per heavy atom. The van der Waals surface area contributed by atoms with E-state index in [0.717, 1.165) is 5.56 Å². The lowest BCUT2D eigenvalue weighted by Crippen LogP contribution is -1.87. The van der Waals surface area contributed by atoms with Crippen molar-refractivity contribution in [1.29, 1.82) is 5.26 Å². The Morgan fingerprint density at radius 1 is 1.50 bits per heavy atom. The monoisotopic (exact) mass is 200 g/mol. The second kappa shape index (κ2) is 4.30. The Morgan fingerprint density at radius 3 is 2.83 bits per heavy atom. The molecule has 12 heavy (non-hydrogen) atoms. The molecule has 0 bridgehead atoms. The smallest absolute Gasteiger partial charge is 0.130 e. The molecule has 4 heteroatoms. The molecule has 0 saturated heterocycles. The van der Waals surface area contributed by atoms with Crippen LogP contribution in [0.15, 0.2) is 12.3 Å². The number of hydrogen-bond donors (Lipinski definition) is 0. The predicted molar refractivity (Wildman–Crippen MR) is 48.2 cm³/mol. The second-order valence-electron chi connectivity index (χ2n) is 2.26. The van der Waals surface area contributed by atoms with E-state index in [1.807, 2.05) is 6.07 Å². The van der Waals surface area contributed by atoms with Gasteiger partial charge in [-0.25, -0.2) is 4.98 Å². The number of nitriles is 1. The molecule has 0 unspecified atom stereocenters. The van der Waals surface area contributed by atoms with Crippen LogP contribution < -0.4 is 0 Å². The Kier molecular flexibility index (Phi) is 3.33. The van der Waals surface area contributed by atoms with Crippen LogP contribution in [0.5, 0.6) is 0 Å². The average Bonchev–Trinajstić information content (AvgIpc) is 2.03. The van der Waals surface area contributed by atoms with Gasteiger partial charge in [-0.3, -0.25) is 0 Å². The molecule has 1 heterocycles. The van der Waals surface area contributed by atoms with Crippen LogP contribution in [-0.4, -0.2) is 4.98 Å². The highest BCUT2D eigenvalue weighted by Gasteiger charge is 2.00. The fourth-order valence-electron chi connectivity index (χ4n) is 0.810. The fraction of sp³-hybridized carbons (Fsp3) is 0.250. The molecule has 0 aliphatic heterocycles. The van der Waals surface area contributed by atoms with Gasteiger partial charge in [0.15, 0.2) is 0 Å². The van der Waals surface area contributed by atoms with E-state index in [9.17, 15) is 0 Å². The highest BCUT2D eigenvalue weighted by molar-refractivity contribution is 6.34. The molecule has 62 valence electrons. The Hall–Kier alpha value is -0.780. The highest BCUT2D eigenvalue weighted by atomic mass is 35.5.